The Morgan fingerprint density at radius 2 is 2.13 bits per heavy atom. The van der Waals surface area contributed by atoms with Gasteiger partial charge in [-0.2, -0.15) is 0 Å². The minimum Gasteiger partial charge on any atom is -0.375 e. The minimum atomic E-state index is -0.172. The lowest BCUT2D eigenvalue weighted by molar-refractivity contribution is -0.119. The van der Waals surface area contributed by atoms with Crippen molar-refractivity contribution < 1.29 is 9.53 Å². The SMILES string of the molecule is COCC(=O)Nc1ccc2nc(-c3cnc(C)s3)cc(C)c2c1. The van der Waals surface area contributed by atoms with Crippen molar-refractivity contribution in [1.82, 2.24) is 9.97 Å². The molecule has 0 saturated heterocycles. The fraction of sp³-hybridized carbons (Fsp3) is 0.235. The summed E-state index contributed by atoms with van der Waals surface area (Å²) in [6.45, 7) is 4.07. The number of amides is 1. The Morgan fingerprint density at radius 3 is 2.83 bits per heavy atom. The van der Waals surface area contributed by atoms with Crippen LogP contribution in [0.15, 0.2) is 30.5 Å². The number of ether oxygens (including phenoxy) is 1. The number of hydrogen-bond donors (Lipinski definition) is 1. The topological polar surface area (TPSA) is 64.1 Å². The molecule has 2 heterocycles. The second kappa shape index (κ2) is 6.44. The van der Waals surface area contributed by atoms with Crippen LogP contribution in [0, 0.1) is 13.8 Å². The van der Waals surface area contributed by atoms with Gasteiger partial charge in [-0.1, -0.05) is 0 Å². The molecule has 0 saturated carbocycles. The van der Waals surface area contributed by atoms with E-state index in [1.54, 1.807) is 11.3 Å². The van der Waals surface area contributed by atoms with Crippen molar-refractivity contribution >= 4 is 33.8 Å². The highest BCUT2D eigenvalue weighted by Crippen LogP contribution is 2.29. The van der Waals surface area contributed by atoms with Crippen molar-refractivity contribution in [2.24, 2.45) is 0 Å². The van der Waals surface area contributed by atoms with Crippen molar-refractivity contribution in [3.8, 4) is 10.6 Å². The van der Waals surface area contributed by atoms with Crippen LogP contribution in [0.4, 0.5) is 5.69 Å². The average molecular weight is 327 g/mol. The number of aryl methyl sites for hydroxylation is 2. The van der Waals surface area contributed by atoms with Crippen LogP contribution in [0.5, 0.6) is 0 Å². The van der Waals surface area contributed by atoms with Crippen LogP contribution in [0.25, 0.3) is 21.5 Å². The van der Waals surface area contributed by atoms with E-state index < -0.39 is 0 Å². The quantitative estimate of drug-likeness (QED) is 0.796. The third-order valence-electron chi connectivity index (χ3n) is 3.45. The Kier molecular flexibility index (Phi) is 4.36. The molecule has 23 heavy (non-hydrogen) atoms. The molecule has 0 spiro atoms. The molecule has 0 aliphatic heterocycles. The Bertz CT molecular complexity index is 873. The Morgan fingerprint density at radius 1 is 1.30 bits per heavy atom. The lowest BCUT2D eigenvalue weighted by Crippen LogP contribution is -2.16. The second-order valence-electron chi connectivity index (χ2n) is 5.28. The van der Waals surface area contributed by atoms with Gasteiger partial charge in [-0.15, -0.1) is 11.3 Å². The van der Waals surface area contributed by atoms with Crippen LogP contribution in [0.2, 0.25) is 0 Å². The van der Waals surface area contributed by atoms with Crippen LogP contribution in [-0.2, 0) is 9.53 Å². The number of thiazole rings is 1. The van der Waals surface area contributed by atoms with Crippen LogP contribution >= 0.6 is 11.3 Å². The molecule has 2 aromatic heterocycles. The van der Waals surface area contributed by atoms with Crippen LogP contribution < -0.4 is 5.32 Å². The number of nitrogens with zero attached hydrogens (tertiary/aromatic N) is 2. The van der Waals surface area contributed by atoms with Crippen molar-refractivity contribution in [3.05, 3.63) is 41.0 Å². The number of carbonyl (C=O) groups is 1. The average Bonchev–Trinajstić information content (AvgIpc) is 2.94. The van der Waals surface area contributed by atoms with Gasteiger partial charge in [0, 0.05) is 24.4 Å². The number of methoxy groups -OCH3 is 1. The van der Waals surface area contributed by atoms with Gasteiger partial charge in [-0.3, -0.25) is 4.79 Å². The summed E-state index contributed by atoms with van der Waals surface area (Å²) in [6.07, 6.45) is 1.85. The largest absolute Gasteiger partial charge is 0.375 e. The van der Waals surface area contributed by atoms with E-state index in [4.69, 9.17) is 9.72 Å². The van der Waals surface area contributed by atoms with Gasteiger partial charge in [-0.05, 0) is 43.7 Å². The molecule has 0 radical (unpaired) electrons. The summed E-state index contributed by atoms with van der Waals surface area (Å²) < 4.78 is 4.82. The van der Waals surface area contributed by atoms with E-state index in [1.807, 2.05) is 38.2 Å². The van der Waals surface area contributed by atoms with E-state index in [9.17, 15) is 4.79 Å². The lowest BCUT2D eigenvalue weighted by Gasteiger charge is -2.09. The maximum Gasteiger partial charge on any atom is 0.250 e. The van der Waals surface area contributed by atoms with E-state index in [2.05, 4.69) is 16.4 Å². The summed E-state index contributed by atoms with van der Waals surface area (Å²) in [6, 6.07) is 7.76. The molecule has 6 heteroatoms. The number of rotatable bonds is 4. The molecule has 118 valence electrons. The Labute approximate surface area is 138 Å². The van der Waals surface area contributed by atoms with E-state index in [-0.39, 0.29) is 12.5 Å². The summed E-state index contributed by atoms with van der Waals surface area (Å²) in [5, 5.41) is 4.85. The number of nitrogens with one attached hydrogen (secondary N) is 1. The molecule has 0 bridgehead atoms. The predicted octanol–water partition coefficient (Wildman–Crippen LogP) is 3.56. The van der Waals surface area contributed by atoms with Crippen molar-refractivity contribution in [3.63, 3.8) is 0 Å². The third-order valence-corrected chi connectivity index (χ3v) is 4.38. The van der Waals surface area contributed by atoms with Gasteiger partial charge in [0.1, 0.15) is 6.61 Å². The van der Waals surface area contributed by atoms with E-state index in [1.165, 1.54) is 7.11 Å². The van der Waals surface area contributed by atoms with Crippen LogP contribution in [0.1, 0.15) is 10.6 Å². The van der Waals surface area contributed by atoms with Crippen molar-refractivity contribution in [2.75, 3.05) is 19.0 Å². The zero-order valence-electron chi connectivity index (χ0n) is 13.2. The summed E-state index contributed by atoms with van der Waals surface area (Å²) in [7, 11) is 1.50. The molecule has 1 aromatic carbocycles. The first kappa shape index (κ1) is 15.6. The molecule has 5 nitrogen and oxygen atoms in total. The number of carbonyl (C=O) groups excluding carboxylic acids is 1. The summed E-state index contributed by atoms with van der Waals surface area (Å²) >= 11 is 1.63. The fourth-order valence-electron chi connectivity index (χ4n) is 2.41. The van der Waals surface area contributed by atoms with Gasteiger partial charge in [0.05, 0.1) is 21.1 Å². The molecular formula is C17H17N3O2S. The Balaban J connectivity index is 1.98. The molecule has 0 aliphatic carbocycles. The monoisotopic (exact) mass is 327 g/mol. The van der Waals surface area contributed by atoms with Gasteiger partial charge >= 0.3 is 0 Å². The first-order chi connectivity index (χ1) is 11.1. The summed E-state index contributed by atoms with van der Waals surface area (Å²) in [5.74, 6) is -0.172. The number of anilines is 1. The summed E-state index contributed by atoms with van der Waals surface area (Å²) in [5.41, 5.74) is 3.68. The number of aromatic nitrogens is 2. The zero-order valence-corrected chi connectivity index (χ0v) is 14.0. The van der Waals surface area contributed by atoms with Gasteiger partial charge in [0.15, 0.2) is 0 Å². The lowest BCUT2D eigenvalue weighted by atomic mass is 10.1. The number of hydrogen-bond acceptors (Lipinski definition) is 5. The minimum absolute atomic E-state index is 0.0406. The third kappa shape index (κ3) is 3.38. The first-order valence-electron chi connectivity index (χ1n) is 7.20. The number of pyridine rings is 1. The molecular weight excluding hydrogens is 310 g/mol. The fourth-order valence-corrected chi connectivity index (χ4v) is 3.14. The second-order valence-corrected chi connectivity index (χ2v) is 6.52. The van der Waals surface area contributed by atoms with Gasteiger partial charge in [0.2, 0.25) is 5.91 Å². The molecule has 3 rings (SSSR count). The molecule has 3 aromatic rings. The predicted molar refractivity (Wildman–Crippen MR) is 92.8 cm³/mol. The highest BCUT2D eigenvalue weighted by atomic mass is 32.1. The van der Waals surface area contributed by atoms with Gasteiger partial charge in [0.25, 0.3) is 0 Å². The van der Waals surface area contributed by atoms with E-state index >= 15 is 0 Å². The number of fused-ring (bicyclic) bond motifs is 1. The molecule has 0 aliphatic rings. The van der Waals surface area contributed by atoms with Gasteiger partial charge in [-0.25, -0.2) is 9.97 Å². The smallest absolute Gasteiger partial charge is 0.250 e. The molecule has 1 N–H and O–H groups in total. The van der Waals surface area contributed by atoms with Crippen molar-refractivity contribution in [2.45, 2.75) is 13.8 Å². The summed E-state index contributed by atoms with van der Waals surface area (Å²) in [4.78, 5) is 21.7. The van der Waals surface area contributed by atoms with Crippen molar-refractivity contribution in [1.29, 1.82) is 0 Å². The molecule has 0 atom stereocenters. The standard InChI is InChI=1S/C17H17N3O2S/c1-10-6-15(16-8-18-11(2)23-16)20-14-5-4-12(7-13(10)14)19-17(21)9-22-3/h4-8H,9H2,1-3H3,(H,19,21). The highest BCUT2D eigenvalue weighted by Gasteiger charge is 2.09. The normalized spacial score (nSPS) is 10.9. The zero-order chi connectivity index (χ0) is 16.4. The molecule has 1 amide bonds. The highest BCUT2D eigenvalue weighted by molar-refractivity contribution is 7.15. The Hall–Kier alpha value is -2.31. The molecule has 0 unspecified atom stereocenters. The van der Waals surface area contributed by atoms with Crippen LogP contribution in [0.3, 0.4) is 0 Å². The number of benzene rings is 1. The maximum atomic E-state index is 11.6. The van der Waals surface area contributed by atoms with Crippen LogP contribution in [-0.4, -0.2) is 29.6 Å². The molecule has 0 fully saturated rings. The van der Waals surface area contributed by atoms with E-state index in [0.717, 1.165) is 37.7 Å². The van der Waals surface area contributed by atoms with E-state index in [0.29, 0.717) is 0 Å². The van der Waals surface area contributed by atoms with Gasteiger partial charge < -0.3 is 10.1 Å². The first-order valence-corrected chi connectivity index (χ1v) is 8.01. The maximum absolute atomic E-state index is 11.6.